The van der Waals surface area contributed by atoms with Crippen LogP contribution in [0.4, 0.5) is 5.00 Å². The van der Waals surface area contributed by atoms with Gasteiger partial charge in [0.2, 0.25) is 0 Å². The van der Waals surface area contributed by atoms with Crippen molar-refractivity contribution in [2.24, 2.45) is 4.99 Å². The molecule has 1 heterocycles. The van der Waals surface area contributed by atoms with Crippen LogP contribution in [0.5, 0.6) is 0 Å². The highest BCUT2D eigenvalue weighted by atomic mass is 32.1. The smallest absolute Gasteiger partial charge is 0.341 e. The van der Waals surface area contributed by atoms with Crippen molar-refractivity contribution in [1.29, 1.82) is 0 Å². The van der Waals surface area contributed by atoms with Gasteiger partial charge in [-0.25, -0.2) is 9.79 Å². The van der Waals surface area contributed by atoms with E-state index in [4.69, 9.17) is 4.74 Å². The number of methoxy groups -OCH3 is 1. The van der Waals surface area contributed by atoms with Crippen molar-refractivity contribution in [3.8, 4) is 0 Å². The Morgan fingerprint density at radius 3 is 2.65 bits per heavy atom. The summed E-state index contributed by atoms with van der Waals surface area (Å²) in [5.41, 5.74) is 4.16. The Morgan fingerprint density at radius 1 is 1.26 bits per heavy atom. The molecule has 0 aliphatic heterocycles. The fourth-order valence-corrected chi connectivity index (χ4v) is 4.11. The first kappa shape index (κ1) is 15.9. The van der Waals surface area contributed by atoms with Gasteiger partial charge in [-0.05, 0) is 41.9 Å². The summed E-state index contributed by atoms with van der Waals surface area (Å²) in [7, 11) is 1.43. The monoisotopic (exact) mass is 327 g/mol. The summed E-state index contributed by atoms with van der Waals surface area (Å²) >= 11 is 1.62. The average molecular weight is 327 g/mol. The third kappa shape index (κ3) is 3.22. The summed E-state index contributed by atoms with van der Waals surface area (Å²) in [5, 5.41) is 0.773. The van der Waals surface area contributed by atoms with Crippen molar-refractivity contribution < 1.29 is 9.53 Å². The van der Waals surface area contributed by atoms with Gasteiger partial charge in [-0.1, -0.05) is 38.1 Å². The van der Waals surface area contributed by atoms with E-state index in [9.17, 15) is 4.79 Å². The van der Waals surface area contributed by atoms with Crippen LogP contribution < -0.4 is 0 Å². The number of rotatable bonds is 4. The number of benzene rings is 1. The molecule has 4 heteroatoms. The molecule has 0 spiro atoms. The molecule has 23 heavy (non-hydrogen) atoms. The highest BCUT2D eigenvalue weighted by Gasteiger charge is 2.26. The summed E-state index contributed by atoms with van der Waals surface area (Å²) in [6.45, 7) is 4.36. The molecule has 120 valence electrons. The van der Waals surface area contributed by atoms with E-state index in [1.165, 1.54) is 17.6 Å². The summed E-state index contributed by atoms with van der Waals surface area (Å²) in [6.07, 6.45) is 4.95. The predicted octanol–water partition coefficient (Wildman–Crippen LogP) is 4.90. The standard InChI is InChI=1S/C19H21NO2S/c1-12(2)14-9-7-13(8-10-14)11-20-18-17(19(21)22-3)15-5-4-6-16(15)23-18/h7-12H,4-6H2,1-3H3. The number of fused-ring (bicyclic) bond motifs is 1. The van der Waals surface area contributed by atoms with E-state index in [0.29, 0.717) is 11.5 Å². The molecule has 2 aromatic rings. The molecule has 0 saturated carbocycles. The van der Waals surface area contributed by atoms with E-state index >= 15 is 0 Å². The molecular formula is C19H21NO2S. The van der Waals surface area contributed by atoms with Crippen LogP contribution in [-0.2, 0) is 17.6 Å². The Kier molecular flexibility index (Phi) is 4.62. The van der Waals surface area contributed by atoms with E-state index in [1.807, 2.05) is 6.21 Å². The second kappa shape index (κ2) is 6.67. The molecule has 1 aliphatic rings. The van der Waals surface area contributed by atoms with E-state index in [-0.39, 0.29) is 5.97 Å². The van der Waals surface area contributed by atoms with Crippen LogP contribution in [0.15, 0.2) is 29.3 Å². The molecule has 3 nitrogen and oxygen atoms in total. The van der Waals surface area contributed by atoms with Crippen LogP contribution in [0.3, 0.4) is 0 Å². The number of hydrogen-bond donors (Lipinski definition) is 0. The fourth-order valence-electron chi connectivity index (χ4n) is 2.89. The van der Waals surface area contributed by atoms with Gasteiger partial charge < -0.3 is 4.74 Å². The largest absolute Gasteiger partial charge is 0.465 e. The first-order valence-corrected chi connectivity index (χ1v) is 8.78. The van der Waals surface area contributed by atoms with E-state index in [1.54, 1.807) is 11.3 Å². The van der Waals surface area contributed by atoms with Gasteiger partial charge in [-0.3, -0.25) is 0 Å². The lowest BCUT2D eigenvalue weighted by Crippen LogP contribution is -2.03. The molecule has 0 amide bonds. The van der Waals surface area contributed by atoms with Crippen molar-refractivity contribution in [2.75, 3.05) is 7.11 Å². The zero-order valence-corrected chi connectivity index (χ0v) is 14.6. The molecule has 1 aromatic heterocycles. The summed E-state index contributed by atoms with van der Waals surface area (Å²) in [5.74, 6) is 0.249. The molecule has 1 aromatic carbocycles. The van der Waals surface area contributed by atoms with Gasteiger partial charge in [0.1, 0.15) is 5.00 Å². The van der Waals surface area contributed by atoms with Crippen LogP contribution in [0.25, 0.3) is 0 Å². The second-order valence-electron chi connectivity index (χ2n) is 6.11. The highest BCUT2D eigenvalue weighted by Crippen LogP contribution is 2.41. The van der Waals surface area contributed by atoms with Crippen LogP contribution in [-0.4, -0.2) is 19.3 Å². The maximum Gasteiger partial charge on any atom is 0.341 e. The molecular weight excluding hydrogens is 306 g/mol. The molecule has 0 bridgehead atoms. The van der Waals surface area contributed by atoms with Gasteiger partial charge in [-0.2, -0.15) is 0 Å². The predicted molar refractivity (Wildman–Crippen MR) is 95.5 cm³/mol. The zero-order chi connectivity index (χ0) is 16.4. The summed E-state index contributed by atoms with van der Waals surface area (Å²) in [4.78, 5) is 18.0. The Balaban J connectivity index is 1.89. The molecule has 0 fully saturated rings. The molecule has 0 radical (unpaired) electrons. The lowest BCUT2D eigenvalue weighted by atomic mass is 10.0. The Labute approximate surface area is 141 Å². The van der Waals surface area contributed by atoms with Crippen molar-refractivity contribution >= 4 is 28.5 Å². The van der Waals surface area contributed by atoms with Crippen LogP contribution in [0, 0.1) is 0 Å². The molecule has 3 rings (SSSR count). The number of aliphatic imine (C=N–C) groups is 1. The average Bonchev–Trinajstić information content (AvgIpc) is 3.13. The number of carbonyl (C=O) groups excluding carboxylic acids is 1. The van der Waals surface area contributed by atoms with Gasteiger partial charge in [-0.15, -0.1) is 11.3 Å². The summed E-state index contributed by atoms with van der Waals surface area (Å²) in [6, 6.07) is 8.39. The third-order valence-electron chi connectivity index (χ3n) is 4.23. The zero-order valence-electron chi connectivity index (χ0n) is 13.8. The van der Waals surface area contributed by atoms with Gasteiger partial charge in [0.05, 0.1) is 12.7 Å². The third-order valence-corrected chi connectivity index (χ3v) is 5.43. The van der Waals surface area contributed by atoms with Crippen molar-refractivity contribution in [1.82, 2.24) is 0 Å². The molecule has 0 atom stereocenters. The van der Waals surface area contributed by atoms with Gasteiger partial charge >= 0.3 is 5.97 Å². The number of thiophene rings is 1. The molecule has 1 aliphatic carbocycles. The van der Waals surface area contributed by atoms with Crippen LogP contribution >= 0.6 is 11.3 Å². The van der Waals surface area contributed by atoms with Crippen molar-refractivity contribution in [3.63, 3.8) is 0 Å². The molecule has 0 N–H and O–H groups in total. The van der Waals surface area contributed by atoms with Crippen molar-refractivity contribution in [3.05, 3.63) is 51.4 Å². The minimum absolute atomic E-state index is 0.272. The quantitative estimate of drug-likeness (QED) is 0.592. The highest BCUT2D eigenvalue weighted by molar-refractivity contribution is 7.16. The first-order chi connectivity index (χ1) is 11.1. The summed E-state index contributed by atoms with van der Waals surface area (Å²) < 4.78 is 4.95. The Morgan fingerprint density at radius 2 is 2.00 bits per heavy atom. The molecule has 0 unspecified atom stereocenters. The van der Waals surface area contributed by atoms with E-state index in [0.717, 1.165) is 35.4 Å². The van der Waals surface area contributed by atoms with Crippen LogP contribution in [0.2, 0.25) is 0 Å². The number of hydrogen-bond acceptors (Lipinski definition) is 4. The normalized spacial score (nSPS) is 13.7. The maximum atomic E-state index is 12.1. The van der Waals surface area contributed by atoms with Crippen molar-refractivity contribution in [2.45, 2.75) is 39.0 Å². The first-order valence-electron chi connectivity index (χ1n) is 7.97. The maximum absolute atomic E-state index is 12.1. The minimum Gasteiger partial charge on any atom is -0.465 e. The van der Waals surface area contributed by atoms with Gasteiger partial charge in [0.15, 0.2) is 0 Å². The lowest BCUT2D eigenvalue weighted by Gasteiger charge is -2.04. The fraction of sp³-hybridized carbons (Fsp3) is 0.368. The lowest BCUT2D eigenvalue weighted by molar-refractivity contribution is 0.0601. The van der Waals surface area contributed by atoms with E-state index in [2.05, 4.69) is 43.1 Å². The van der Waals surface area contributed by atoms with Gasteiger partial charge in [0, 0.05) is 11.1 Å². The van der Waals surface area contributed by atoms with Crippen LogP contribution in [0.1, 0.15) is 58.1 Å². The minimum atomic E-state index is -0.272. The number of esters is 1. The topological polar surface area (TPSA) is 38.7 Å². The number of nitrogens with zero attached hydrogens (tertiary/aromatic N) is 1. The number of ether oxygens (including phenoxy) is 1. The number of carbonyl (C=O) groups is 1. The van der Waals surface area contributed by atoms with E-state index < -0.39 is 0 Å². The Bertz CT molecular complexity index is 741. The molecule has 0 saturated heterocycles. The Hall–Kier alpha value is -1.94. The number of aryl methyl sites for hydroxylation is 1. The SMILES string of the molecule is COC(=O)c1c(N=Cc2ccc(C(C)C)cc2)sc2c1CCC2. The van der Waals surface area contributed by atoms with Gasteiger partial charge in [0.25, 0.3) is 0 Å². The second-order valence-corrected chi connectivity index (χ2v) is 7.19.